The summed E-state index contributed by atoms with van der Waals surface area (Å²) in [5.74, 6) is -1.27. The molecule has 2 aromatic heterocycles. The molecule has 5 rings (SSSR count). The van der Waals surface area contributed by atoms with Crippen LogP contribution in [0.3, 0.4) is 0 Å². The van der Waals surface area contributed by atoms with Crippen LogP contribution in [0, 0.1) is 0 Å². The van der Waals surface area contributed by atoms with Crippen LogP contribution in [0.4, 0.5) is 4.79 Å². The average molecular weight is 392 g/mol. The number of likely N-dealkylation sites (tertiary alicyclic amines) is 1. The van der Waals surface area contributed by atoms with Gasteiger partial charge in [0.15, 0.2) is 0 Å². The number of carbonyl (C=O) groups is 3. The zero-order valence-electron chi connectivity index (χ0n) is 16.5. The number of aromatic nitrogens is 3. The molecule has 2 aliphatic heterocycles. The van der Waals surface area contributed by atoms with E-state index in [0.29, 0.717) is 22.5 Å². The second-order valence-corrected chi connectivity index (χ2v) is 8.44. The third-order valence-electron chi connectivity index (χ3n) is 5.51. The predicted molar refractivity (Wildman–Crippen MR) is 104 cm³/mol. The number of hydrogen-bond donors (Lipinski definition) is 0. The van der Waals surface area contributed by atoms with E-state index in [1.54, 1.807) is 31.5 Å². The number of para-hydroxylation sites is 1. The van der Waals surface area contributed by atoms with Gasteiger partial charge in [-0.2, -0.15) is 0 Å². The lowest BCUT2D eigenvalue weighted by Gasteiger charge is -2.27. The molecular weight excluding hydrogens is 372 g/mol. The van der Waals surface area contributed by atoms with E-state index in [9.17, 15) is 14.4 Å². The van der Waals surface area contributed by atoms with Crippen molar-refractivity contribution in [1.29, 1.82) is 0 Å². The summed E-state index contributed by atoms with van der Waals surface area (Å²) in [6.45, 7) is 5.41. The maximum absolute atomic E-state index is 13.2. The van der Waals surface area contributed by atoms with E-state index in [4.69, 9.17) is 4.74 Å². The molecule has 2 atom stereocenters. The van der Waals surface area contributed by atoms with E-state index in [1.807, 2.05) is 24.3 Å². The Balaban J connectivity index is 1.87. The summed E-state index contributed by atoms with van der Waals surface area (Å²) in [4.78, 5) is 44.4. The van der Waals surface area contributed by atoms with E-state index in [-0.39, 0.29) is 11.8 Å². The van der Waals surface area contributed by atoms with E-state index in [1.165, 1.54) is 17.9 Å². The molecule has 2 aliphatic rings. The largest absolute Gasteiger partial charge is 0.443 e. The van der Waals surface area contributed by atoms with Crippen molar-refractivity contribution >= 4 is 28.8 Å². The minimum Gasteiger partial charge on any atom is -0.443 e. The van der Waals surface area contributed by atoms with Crippen molar-refractivity contribution in [3.63, 3.8) is 0 Å². The summed E-state index contributed by atoms with van der Waals surface area (Å²) in [5.41, 5.74) is 1.78. The second-order valence-electron chi connectivity index (χ2n) is 8.44. The summed E-state index contributed by atoms with van der Waals surface area (Å²) in [6.07, 6.45) is 2.62. The fourth-order valence-corrected chi connectivity index (χ4v) is 4.39. The number of benzene rings is 1. The monoisotopic (exact) mass is 392 g/mol. The number of nitrogens with zero attached hydrogens (tertiary/aromatic N) is 4. The molecule has 0 saturated carbocycles. The first-order valence-electron chi connectivity index (χ1n) is 9.41. The number of carbonyl (C=O) groups excluding carboxylic acids is 3. The van der Waals surface area contributed by atoms with E-state index >= 15 is 0 Å². The Labute approximate surface area is 166 Å². The normalized spacial score (nSPS) is 20.6. The molecule has 3 aromatic rings. The number of imide groups is 1. The van der Waals surface area contributed by atoms with Crippen molar-refractivity contribution in [2.45, 2.75) is 38.3 Å². The second kappa shape index (κ2) is 5.56. The molecule has 1 aromatic carbocycles. The Morgan fingerprint density at radius 3 is 2.59 bits per heavy atom. The Morgan fingerprint density at radius 2 is 1.86 bits per heavy atom. The van der Waals surface area contributed by atoms with E-state index in [0.717, 1.165) is 10.3 Å². The summed E-state index contributed by atoms with van der Waals surface area (Å²) in [7, 11) is 1.49. The number of hydrogen-bond acceptors (Lipinski definition) is 5. The predicted octanol–water partition coefficient (Wildman–Crippen LogP) is 2.92. The van der Waals surface area contributed by atoms with E-state index < -0.39 is 23.7 Å². The SMILES string of the molecule is CN1C(=O)[C@H]2c3c(n(C(=O)OC(C)(C)C)c4ccccc34)-c3cncn3[C@H]2C1=O. The molecule has 0 bridgehead atoms. The first-order chi connectivity index (χ1) is 13.7. The van der Waals surface area contributed by atoms with Crippen LogP contribution in [0.1, 0.15) is 38.3 Å². The van der Waals surface area contributed by atoms with Crippen molar-refractivity contribution in [3.05, 3.63) is 42.4 Å². The highest BCUT2D eigenvalue weighted by Gasteiger charge is 2.53. The van der Waals surface area contributed by atoms with Gasteiger partial charge in [-0.25, -0.2) is 14.3 Å². The van der Waals surface area contributed by atoms with Crippen LogP contribution in [-0.2, 0) is 14.3 Å². The minimum atomic E-state index is -0.710. The first kappa shape index (κ1) is 17.7. The number of ether oxygens (including phenoxy) is 1. The van der Waals surface area contributed by atoms with Crippen molar-refractivity contribution in [2.24, 2.45) is 0 Å². The quantitative estimate of drug-likeness (QED) is 0.549. The van der Waals surface area contributed by atoms with Gasteiger partial charge < -0.3 is 9.30 Å². The van der Waals surface area contributed by atoms with Crippen molar-refractivity contribution < 1.29 is 19.1 Å². The molecule has 0 spiro atoms. The van der Waals surface area contributed by atoms with Crippen molar-refractivity contribution in [3.8, 4) is 11.4 Å². The van der Waals surface area contributed by atoms with Crippen LogP contribution in [-0.4, -0.2) is 49.6 Å². The van der Waals surface area contributed by atoms with Crippen LogP contribution < -0.4 is 0 Å². The van der Waals surface area contributed by atoms with Gasteiger partial charge in [-0.3, -0.25) is 14.5 Å². The van der Waals surface area contributed by atoms with Crippen LogP contribution in [0.2, 0.25) is 0 Å². The Morgan fingerprint density at radius 1 is 1.14 bits per heavy atom. The van der Waals surface area contributed by atoms with Gasteiger partial charge >= 0.3 is 6.09 Å². The maximum atomic E-state index is 13.2. The van der Waals surface area contributed by atoms with Gasteiger partial charge in [0.25, 0.3) is 5.91 Å². The summed E-state index contributed by atoms with van der Waals surface area (Å²) in [5, 5.41) is 0.757. The highest BCUT2D eigenvalue weighted by molar-refractivity contribution is 6.13. The zero-order valence-corrected chi connectivity index (χ0v) is 16.5. The molecule has 1 fully saturated rings. The molecule has 4 heterocycles. The van der Waals surface area contributed by atoms with Gasteiger partial charge in [-0.05, 0) is 26.8 Å². The molecular formula is C21H20N4O4. The van der Waals surface area contributed by atoms with Gasteiger partial charge in [0.2, 0.25) is 5.91 Å². The highest BCUT2D eigenvalue weighted by Crippen LogP contribution is 2.51. The van der Waals surface area contributed by atoms with Crippen molar-refractivity contribution in [1.82, 2.24) is 19.0 Å². The number of likely N-dealkylation sites (N-methyl/N-ethyl adjacent to an activating group) is 1. The van der Waals surface area contributed by atoms with Gasteiger partial charge in [-0.15, -0.1) is 0 Å². The van der Waals surface area contributed by atoms with Crippen LogP contribution in [0.25, 0.3) is 22.3 Å². The lowest BCUT2D eigenvalue weighted by molar-refractivity contribution is -0.137. The summed E-state index contributed by atoms with van der Waals surface area (Å²) >= 11 is 0. The molecule has 8 nitrogen and oxygen atoms in total. The van der Waals surface area contributed by atoms with Gasteiger partial charge in [0.1, 0.15) is 11.6 Å². The molecule has 2 amide bonds. The molecule has 0 radical (unpaired) electrons. The summed E-state index contributed by atoms with van der Waals surface area (Å²) in [6, 6.07) is 6.67. The van der Waals surface area contributed by atoms with Crippen LogP contribution in [0.15, 0.2) is 36.8 Å². The third-order valence-corrected chi connectivity index (χ3v) is 5.51. The molecule has 1 saturated heterocycles. The number of fused-ring (bicyclic) bond motifs is 8. The molecule has 0 unspecified atom stereocenters. The molecule has 148 valence electrons. The van der Waals surface area contributed by atoms with Gasteiger partial charge in [-0.1, -0.05) is 18.2 Å². The first-order valence-corrected chi connectivity index (χ1v) is 9.41. The smallest absolute Gasteiger partial charge is 0.419 e. The zero-order chi connectivity index (χ0) is 20.7. The third kappa shape index (κ3) is 2.25. The molecule has 0 aliphatic carbocycles. The summed E-state index contributed by atoms with van der Waals surface area (Å²) < 4.78 is 8.85. The number of imidazole rings is 1. The van der Waals surface area contributed by atoms with Gasteiger partial charge in [0, 0.05) is 18.0 Å². The number of rotatable bonds is 0. The fraction of sp³-hybridized carbons (Fsp3) is 0.333. The fourth-order valence-electron chi connectivity index (χ4n) is 4.39. The van der Waals surface area contributed by atoms with Crippen molar-refractivity contribution in [2.75, 3.05) is 7.05 Å². The van der Waals surface area contributed by atoms with Gasteiger partial charge in [0.05, 0.1) is 35.3 Å². The number of amides is 2. The Bertz CT molecular complexity index is 1210. The highest BCUT2D eigenvalue weighted by atomic mass is 16.6. The molecule has 29 heavy (non-hydrogen) atoms. The molecule has 8 heteroatoms. The van der Waals surface area contributed by atoms with Crippen LogP contribution >= 0.6 is 0 Å². The lowest BCUT2D eigenvalue weighted by Crippen LogP contribution is -2.30. The standard InChI is InChI=1S/C21H20N4O4/c1-21(2,3)29-20(28)25-12-8-6-5-7-11(12)14-15-17(19(27)23(4)18(15)26)24-10-22-9-13(24)16(14)25/h5-10,15,17H,1-4H3/t15-,17+/m0/s1. The lowest BCUT2D eigenvalue weighted by atomic mass is 9.87. The Kier molecular flexibility index (Phi) is 3.39. The Hall–Kier alpha value is -3.42. The topological polar surface area (TPSA) is 86.4 Å². The maximum Gasteiger partial charge on any atom is 0.419 e. The van der Waals surface area contributed by atoms with E-state index in [2.05, 4.69) is 4.98 Å². The molecule has 0 N–H and O–H groups in total. The van der Waals surface area contributed by atoms with Crippen LogP contribution in [0.5, 0.6) is 0 Å². The average Bonchev–Trinajstić information content (AvgIpc) is 3.31. The minimum absolute atomic E-state index is 0.279.